The van der Waals surface area contributed by atoms with Crippen LogP contribution in [0.15, 0.2) is 113 Å². The molecule has 0 aliphatic heterocycles. The molecule has 0 saturated carbocycles. The molecule has 0 atom stereocenters. The number of hydrogen-bond acceptors (Lipinski definition) is 0. The van der Waals surface area contributed by atoms with E-state index in [1.165, 1.54) is 19.7 Å². The van der Waals surface area contributed by atoms with Crippen molar-refractivity contribution in [3.05, 3.63) is 113 Å². The molecule has 0 radical (unpaired) electrons. The largest absolute Gasteiger partial charge is 0.0622 e. The van der Waals surface area contributed by atoms with E-state index in [0.717, 1.165) is 6.42 Å². The Morgan fingerprint density at radius 3 is 1.24 bits per heavy atom. The van der Waals surface area contributed by atoms with Gasteiger partial charge in [0.05, 0.1) is 0 Å². The monoisotopic (exact) mass is 524 g/mol. The maximum atomic E-state index is 2.49. The van der Waals surface area contributed by atoms with E-state index < -0.39 is 7.92 Å². The predicted molar refractivity (Wildman–Crippen MR) is 107 cm³/mol. The molecular formula is C23H20AuP. The van der Waals surface area contributed by atoms with Crippen LogP contribution in [0.5, 0.6) is 0 Å². The van der Waals surface area contributed by atoms with Crippen LogP contribution < -0.4 is 15.9 Å². The Hall–Kier alpha value is -1.69. The molecule has 0 heterocycles. The maximum Gasteiger partial charge on any atom is -0.0134 e. The Morgan fingerprint density at radius 2 is 1.00 bits per heavy atom. The zero-order valence-electron chi connectivity index (χ0n) is 13.8. The first-order chi connectivity index (χ1) is 12.3. The van der Waals surface area contributed by atoms with Gasteiger partial charge in [0.15, 0.2) is 0 Å². The Labute approximate surface area is 164 Å². The zero-order valence-corrected chi connectivity index (χ0v) is 16.9. The van der Waals surface area contributed by atoms with E-state index in [0.29, 0.717) is 0 Å². The smallest absolute Gasteiger partial charge is 0.0134 e. The van der Waals surface area contributed by atoms with E-state index in [-0.39, 0.29) is 0 Å². The minimum absolute atomic E-state index is 0.446. The van der Waals surface area contributed by atoms with Crippen LogP contribution >= 0.6 is 7.92 Å². The fourth-order valence-electron chi connectivity index (χ4n) is 2.58. The molecule has 0 aromatic heterocycles. The standard InChI is InChI=1S/C18H15P.C5H5.Au/c1-4-10-16(11-5-1)19(17-12-6-2-7-13-17)18-14-8-3-9-15-18;1-2-4-5-3-1;/h1-15H;1-3H,4H2;. The summed E-state index contributed by atoms with van der Waals surface area (Å²) in [6.45, 7) is 0. The average Bonchev–Trinajstić information content (AvgIpc) is 3.16. The van der Waals surface area contributed by atoms with Gasteiger partial charge in [0, 0.05) is 0 Å². The fraction of sp³-hybridized carbons (Fsp3) is 0.0435. The molecule has 2 heteroatoms. The van der Waals surface area contributed by atoms with Gasteiger partial charge in [-0.15, -0.1) is 0 Å². The van der Waals surface area contributed by atoms with Crippen molar-refractivity contribution in [2.75, 3.05) is 0 Å². The van der Waals surface area contributed by atoms with Crippen molar-refractivity contribution in [2.24, 2.45) is 0 Å². The van der Waals surface area contributed by atoms with Crippen LogP contribution in [0, 0.1) is 0 Å². The van der Waals surface area contributed by atoms with Gasteiger partial charge in [-0.05, 0) is 23.8 Å². The molecule has 1 aliphatic carbocycles. The van der Waals surface area contributed by atoms with Crippen molar-refractivity contribution in [3.8, 4) is 0 Å². The molecule has 25 heavy (non-hydrogen) atoms. The van der Waals surface area contributed by atoms with Crippen molar-refractivity contribution in [3.63, 3.8) is 0 Å². The Morgan fingerprint density at radius 1 is 0.600 bits per heavy atom. The predicted octanol–water partition coefficient (Wildman–Crippen LogP) is 4.82. The molecule has 0 amide bonds. The zero-order chi connectivity index (χ0) is 17.3. The molecule has 4 rings (SSSR count). The van der Waals surface area contributed by atoms with Gasteiger partial charge in [0.1, 0.15) is 0 Å². The van der Waals surface area contributed by atoms with Gasteiger partial charge in [0.2, 0.25) is 0 Å². The minimum Gasteiger partial charge on any atom is -0.0622 e. The number of rotatable bonds is 3. The second-order valence-corrected chi connectivity index (χ2v) is 9.15. The molecule has 0 bridgehead atoms. The van der Waals surface area contributed by atoms with Crippen molar-refractivity contribution in [2.45, 2.75) is 6.42 Å². The van der Waals surface area contributed by atoms with Crippen LogP contribution in [-0.4, -0.2) is 0 Å². The van der Waals surface area contributed by atoms with Gasteiger partial charge in [-0.25, -0.2) is 0 Å². The summed E-state index contributed by atoms with van der Waals surface area (Å²) in [7, 11) is -0.446. The van der Waals surface area contributed by atoms with Crippen molar-refractivity contribution >= 4 is 23.8 Å². The van der Waals surface area contributed by atoms with E-state index in [1.54, 1.807) is 0 Å². The van der Waals surface area contributed by atoms with E-state index in [1.807, 2.05) is 0 Å². The van der Waals surface area contributed by atoms with Gasteiger partial charge in [-0.1, -0.05) is 91.0 Å². The third kappa shape index (κ3) is 5.39. The molecule has 3 aromatic rings. The molecule has 128 valence electrons. The maximum absolute atomic E-state index is 2.49. The minimum atomic E-state index is -0.446. The van der Waals surface area contributed by atoms with E-state index in [2.05, 4.69) is 130 Å². The number of hydrogen-bond donors (Lipinski definition) is 0. The normalized spacial score (nSPS) is 12.5. The average molecular weight is 524 g/mol. The van der Waals surface area contributed by atoms with Gasteiger partial charge in [0.25, 0.3) is 0 Å². The number of benzene rings is 3. The van der Waals surface area contributed by atoms with Gasteiger partial charge in [-0.3, -0.25) is 0 Å². The molecule has 1 aliphatic rings. The van der Waals surface area contributed by atoms with Gasteiger partial charge >= 0.3 is 49.5 Å². The van der Waals surface area contributed by atoms with Crippen LogP contribution in [0.4, 0.5) is 0 Å². The molecule has 0 fully saturated rings. The van der Waals surface area contributed by atoms with Crippen LogP contribution in [0.25, 0.3) is 0 Å². The summed E-state index contributed by atoms with van der Waals surface area (Å²) in [6, 6.07) is 32.3. The Kier molecular flexibility index (Phi) is 7.03. The number of allylic oxidation sites excluding steroid dienone is 4. The third-order valence-corrected chi connectivity index (χ3v) is 6.99. The summed E-state index contributed by atoms with van der Waals surface area (Å²) in [5.74, 6) is 0. The molecule has 0 nitrogen and oxygen atoms in total. The summed E-state index contributed by atoms with van der Waals surface area (Å²) in [5.41, 5.74) is 0. The first kappa shape index (κ1) is 18.1. The van der Waals surface area contributed by atoms with Crippen molar-refractivity contribution in [1.82, 2.24) is 0 Å². The molecule has 0 saturated heterocycles. The first-order valence-electron chi connectivity index (χ1n) is 8.27. The molecular weight excluding hydrogens is 504 g/mol. The Bertz CT molecular complexity index is 730. The molecule has 0 unspecified atom stereocenters. The third-order valence-electron chi connectivity index (χ3n) is 3.74. The fourth-order valence-corrected chi connectivity index (χ4v) is 5.35. The van der Waals surface area contributed by atoms with Crippen LogP contribution in [0.3, 0.4) is 0 Å². The quantitative estimate of drug-likeness (QED) is 0.341. The molecule has 0 spiro atoms. The molecule has 0 N–H and O–H groups in total. The summed E-state index contributed by atoms with van der Waals surface area (Å²) in [4.78, 5) is 0. The van der Waals surface area contributed by atoms with Gasteiger partial charge < -0.3 is 0 Å². The second kappa shape index (κ2) is 9.71. The first-order valence-corrected chi connectivity index (χ1v) is 10.7. The van der Waals surface area contributed by atoms with Crippen LogP contribution in [0.1, 0.15) is 6.42 Å². The summed E-state index contributed by atoms with van der Waals surface area (Å²) < 4.78 is 1.41. The van der Waals surface area contributed by atoms with Gasteiger partial charge in [-0.2, -0.15) is 0 Å². The topological polar surface area (TPSA) is 0 Å². The van der Waals surface area contributed by atoms with Crippen LogP contribution in [-0.2, 0) is 21.1 Å². The second-order valence-electron chi connectivity index (χ2n) is 5.54. The SMILES string of the molecule is [Au][C]1=CC=CC1.c1ccc(P(c2ccccc2)c2ccccc2)cc1. The summed E-state index contributed by atoms with van der Waals surface area (Å²) >= 11 is 2.49. The summed E-state index contributed by atoms with van der Waals surface area (Å²) in [6.07, 6.45) is 7.48. The van der Waals surface area contributed by atoms with Crippen molar-refractivity contribution < 1.29 is 21.1 Å². The molecule has 3 aromatic carbocycles. The summed E-state index contributed by atoms with van der Waals surface area (Å²) in [5, 5.41) is 4.19. The van der Waals surface area contributed by atoms with E-state index in [4.69, 9.17) is 0 Å². The van der Waals surface area contributed by atoms with E-state index >= 15 is 0 Å². The van der Waals surface area contributed by atoms with Crippen LogP contribution in [0.2, 0.25) is 0 Å². The van der Waals surface area contributed by atoms with Crippen molar-refractivity contribution in [1.29, 1.82) is 0 Å². The Balaban J connectivity index is 0.000000258. The van der Waals surface area contributed by atoms with E-state index in [9.17, 15) is 0 Å².